The number of rotatable bonds is 2. The van der Waals surface area contributed by atoms with Crippen LogP contribution in [0.1, 0.15) is 12.5 Å². The van der Waals surface area contributed by atoms with E-state index >= 15 is 0 Å². The molecular formula is C8H12OSi. The van der Waals surface area contributed by atoms with Gasteiger partial charge in [-0.15, -0.1) is 0 Å². The molecule has 0 spiro atoms. The van der Waals surface area contributed by atoms with Gasteiger partial charge in [-0.25, -0.2) is 0 Å². The molecule has 0 saturated carbocycles. The van der Waals surface area contributed by atoms with E-state index in [1.165, 1.54) is 10.8 Å². The largest absolute Gasteiger partial charge is 0.433 e. The number of hydrogen-bond acceptors (Lipinski definition) is 1. The van der Waals surface area contributed by atoms with E-state index in [9.17, 15) is 0 Å². The van der Waals surface area contributed by atoms with Gasteiger partial charge in [0.15, 0.2) is 9.76 Å². The van der Waals surface area contributed by atoms with Gasteiger partial charge in [-0.05, 0) is 17.2 Å². The summed E-state index contributed by atoms with van der Waals surface area (Å²) < 4.78 is 0. The normalized spacial score (nSPS) is 11.0. The topological polar surface area (TPSA) is 20.2 Å². The second-order valence-corrected chi connectivity index (χ2v) is 3.36. The van der Waals surface area contributed by atoms with Crippen LogP contribution in [0.25, 0.3) is 0 Å². The first-order valence-corrected chi connectivity index (χ1v) is 4.90. The fourth-order valence-corrected chi connectivity index (χ4v) is 1.87. The second-order valence-electron chi connectivity index (χ2n) is 2.28. The van der Waals surface area contributed by atoms with E-state index in [2.05, 4.69) is 13.0 Å². The Morgan fingerprint density at radius 1 is 1.40 bits per heavy atom. The first kappa shape index (κ1) is 7.50. The van der Waals surface area contributed by atoms with Crippen molar-refractivity contribution in [3.8, 4) is 0 Å². The van der Waals surface area contributed by atoms with Gasteiger partial charge in [-0.1, -0.05) is 31.2 Å². The van der Waals surface area contributed by atoms with Crippen LogP contribution in [0, 0.1) is 0 Å². The quantitative estimate of drug-likeness (QED) is 0.589. The third-order valence-electron chi connectivity index (χ3n) is 1.67. The van der Waals surface area contributed by atoms with Crippen LogP contribution in [0.2, 0.25) is 0 Å². The Bertz CT molecular complexity index is 187. The van der Waals surface area contributed by atoms with Crippen molar-refractivity contribution in [2.24, 2.45) is 0 Å². The third kappa shape index (κ3) is 1.46. The highest BCUT2D eigenvalue weighted by molar-refractivity contribution is 6.46. The lowest BCUT2D eigenvalue weighted by Crippen LogP contribution is -2.17. The first-order valence-electron chi connectivity index (χ1n) is 3.56. The molecule has 54 valence electrons. The maximum atomic E-state index is 8.99. The maximum absolute atomic E-state index is 8.99. The van der Waals surface area contributed by atoms with Crippen LogP contribution in [0.5, 0.6) is 0 Å². The molecule has 10 heavy (non-hydrogen) atoms. The fourth-order valence-electron chi connectivity index (χ4n) is 1.06. The standard InChI is InChI=1S/C8H12OSi/c1-2-7-5-3-4-6-8(7)10-9/h3-6,9H,2,10H2,1H3. The molecule has 0 unspecified atom stereocenters. The number of benzene rings is 1. The molecule has 0 aliphatic rings. The van der Waals surface area contributed by atoms with E-state index in [-0.39, 0.29) is 0 Å². The summed E-state index contributed by atoms with van der Waals surface area (Å²) in [5.41, 5.74) is 1.30. The smallest absolute Gasteiger partial charge is 0.188 e. The molecule has 1 N–H and O–H groups in total. The summed E-state index contributed by atoms with van der Waals surface area (Å²) in [4.78, 5) is 8.99. The zero-order valence-corrected chi connectivity index (χ0v) is 7.59. The molecule has 1 aromatic carbocycles. The van der Waals surface area contributed by atoms with Crippen LogP contribution in [-0.4, -0.2) is 14.6 Å². The van der Waals surface area contributed by atoms with Gasteiger partial charge < -0.3 is 4.80 Å². The Hall–Kier alpha value is -0.603. The summed E-state index contributed by atoms with van der Waals surface area (Å²) in [5.74, 6) is 0. The van der Waals surface area contributed by atoms with Gasteiger partial charge in [-0.2, -0.15) is 0 Å². The van der Waals surface area contributed by atoms with E-state index in [0.29, 0.717) is 0 Å². The Morgan fingerprint density at radius 2 is 2.10 bits per heavy atom. The summed E-state index contributed by atoms with van der Waals surface area (Å²) in [7, 11) is -0.949. The minimum Gasteiger partial charge on any atom is -0.433 e. The van der Waals surface area contributed by atoms with Crippen LogP contribution in [0.4, 0.5) is 0 Å². The number of hydrogen-bond donors (Lipinski definition) is 1. The molecule has 0 aliphatic carbocycles. The second kappa shape index (κ2) is 3.54. The van der Waals surface area contributed by atoms with Crippen molar-refractivity contribution in [3.05, 3.63) is 29.8 Å². The van der Waals surface area contributed by atoms with Crippen LogP contribution in [0.15, 0.2) is 24.3 Å². The van der Waals surface area contributed by atoms with Crippen LogP contribution in [-0.2, 0) is 6.42 Å². The van der Waals surface area contributed by atoms with E-state index < -0.39 is 9.76 Å². The van der Waals surface area contributed by atoms with Gasteiger partial charge in [0.05, 0.1) is 0 Å². The fraction of sp³-hybridized carbons (Fsp3) is 0.250. The van der Waals surface area contributed by atoms with Crippen molar-refractivity contribution in [2.75, 3.05) is 0 Å². The molecule has 1 aromatic rings. The van der Waals surface area contributed by atoms with Crippen molar-refractivity contribution < 1.29 is 4.80 Å². The van der Waals surface area contributed by atoms with Crippen molar-refractivity contribution in [2.45, 2.75) is 13.3 Å². The predicted octanol–water partition coefficient (Wildman–Crippen LogP) is -0.0496. The molecule has 0 aliphatic heterocycles. The lowest BCUT2D eigenvalue weighted by molar-refractivity contribution is 0.615. The van der Waals surface area contributed by atoms with Gasteiger partial charge in [0.25, 0.3) is 0 Å². The van der Waals surface area contributed by atoms with Crippen LogP contribution < -0.4 is 5.19 Å². The Balaban J connectivity index is 2.96. The Kier molecular flexibility index (Phi) is 2.65. The molecule has 0 fully saturated rings. The van der Waals surface area contributed by atoms with Gasteiger partial charge in [0, 0.05) is 0 Å². The zero-order valence-electron chi connectivity index (χ0n) is 6.17. The molecule has 0 bridgehead atoms. The van der Waals surface area contributed by atoms with Gasteiger partial charge >= 0.3 is 0 Å². The van der Waals surface area contributed by atoms with Gasteiger partial charge in [-0.3, -0.25) is 0 Å². The summed E-state index contributed by atoms with van der Waals surface area (Å²) in [6, 6.07) is 8.10. The molecule has 0 heterocycles. The van der Waals surface area contributed by atoms with E-state index in [0.717, 1.165) is 6.42 Å². The van der Waals surface area contributed by atoms with Crippen LogP contribution >= 0.6 is 0 Å². The average Bonchev–Trinajstić information content (AvgIpc) is 2.04. The number of aryl methyl sites for hydroxylation is 1. The molecule has 0 aromatic heterocycles. The van der Waals surface area contributed by atoms with Crippen LogP contribution in [0.3, 0.4) is 0 Å². The van der Waals surface area contributed by atoms with E-state index in [4.69, 9.17) is 4.80 Å². The summed E-state index contributed by atoms with van der Waals surface area (Å²) in [6.45, 7) is 2.11. The maximum Gasteiger partial charge on any atom is 0.188 e. The molecule has 1 rings (SSSR count). The zero-order chi connectivity index (χ0) is 7.40. The Morgan fingerprint density at radius 3 is 2.60 bits per heavy atom. The lowest BCUT2D eigenvalue weighted by atomic mass is 10.2. The highest BCUT2D eigenvalue weighted by Crippen LogP contribution is 1.94. The van der Waals surface area contributed by atoms with E-state index in [1.807, 2.05) is 18.2 Å². The lowest BCUT2D eigenvalue weighted by Gasteiger charge is -2.01. The minimum absolute atomic E-state index is 0.949. The summed E-state index contributed by atoms with van der Waals surface area (Å²) >= 11 is 0. The molecule has 0 radical (unpaired) electrons. The first-order chi connectivity index (χ1) is 4.88. The molecule has 2 heteroatoms. The average molecular weight is 152 g/mol. The molecule has 0 atom stereocenters. The highest BCUT2D eigenvalue weighted by Gasteiger charge is 1.95. The monoisotopic (exact) mass is 152 g/mol. The minimum atomic E-state index is -0.949. The van der Waals surface area contributed by atoms with Gasteiger partial charge in [0.2, 0.25) is 0 Å². The molecule has 0 saturated heterocycles. The highest BCUT2D eigenvalue weighted by atomic mass is 28.2. The van der Waals surface area contributed by atoms with Crippen molar-refractivity contribution >= 4 is 14.9 Å². The molecular weight excluding hydrogens is 140 g/mol. The summed E-state index contributed by atoms with van der Waals surface area (Å²) in [6.07, 6.45) is 1.03. The summed E-state index contributed by atoms with van der Waals surface area (Å²) in [5, 5.41) is 1.19. The van der Waals surface area contributed by atoms with Crippen molar-refractivity contribution in [1.82, 2.24) is 0 Å². The van der Waals surface area contributed by atoms with Crippen molar-refractivity contribution in [3.63, 3.8) is 0 Å². The third-order valence-corrected chi connectivity index (χ3v) is 2.70. The van der Waals surface area contributed by atoms with Gasteiger partial charge in [0.1, 0.15) is 0 Å². The van der Waals surface area contributed by atoms with E-state index in [1.54, 1.807) is 0 Å². The predicted molar refractivity (Wildman–Crippen MR) is 46.2 cm³/mol. The Labute approximate surface area is 63.7 Å². The molecule has 0 amide bonds. The SMILES string of the molecule is CCc1ccccc1[SiH2]O. The molecule has 1 nitrogen and oxygen atoms in total. The van der Waals surface area contributed by atoms with Crippen molar-refractivity contribution in [1.29, 1.82) is 0 Å².